The van der Waals surface area contributed by atoms with Gasteiger partial charge in [0.15, 0.2) is 0 Å². The fraction of sp³-hybridized carbons (Fsp3) is 0.364. The van der Waals surface area contributed by atoms with E-state index < -0.39 is 29.3 Å². The van der Waals surface area contributed by atoms with Gasteiger partial charge in [-0.3, -0.25) is 10.1 Å². The molecule has 1 N–H and O–H groups in total. The minimum Gasteiger partial charge on any atom is -0.465 e. The first-order valence-electron chi connectivity index (χ1n) is 5.34. The molecule has 110 valence electrons. The van der Waals surface area contributed by atoms with Crippen molar-refractivity contribution in [1.29, 1.82) is 0 Å². The van der Waals surface area contributed by atoms with Crippen molar-refractivity contribution in [3.05, 3.63) is 33.4 Å². The Hall–Kier alpha value is -2.32. The molecule has 0 saturated heterocycles. The van der Waals surface area contributed by atoms with Crippen molar-refractivity contribution in [2.24, 2.45) is 0 Å². The first-order valence-corrected chi connectivity index (χ1v) is 5.34. The van der Waals surface area contributed by atoms with Gasteiger partial charge in [0, 0.05) is 5.56 Å². The molecule has 9 heteroatoms. The van der Waals surface area contributed by atoms with E-state index in [-0.39, 0.29) is 16.8 Å². The molecule has 0 aliphatic heterocycles. The van der Waals surface area contributed by atoms with E-state index in [9.17, 15) is 28.1 Å². The van der Waals surface area contributed by atoms with E-state index in [4.69, 9.17) is 0 Å². The molecule has 0 aliphatic carbocycles. The Labute approximate surface area is 111 Å². The summed E-state index contributed by atoms with van der Waals surface area (Å²) >= 11 is 0. The molecule has 0 unspecified atom stereocenters. The lowest BCUT2D eigenvalue weighted by Crippen LogP contribution is -2.22. The van der Waals surface area contributed by atoms with Crippen molar-refractivity contribution in [2.75, 3.05) is 19.0 Å². The highest BCUT2D eigenvalue weighted by Gasteiger charge is 2.29. The third-order valence-electron chi connectivity index (χ3n) is 2.50. The summed E-state index contributed by atoms with van der Waals surface area (Å²) in [7, 11) is 1.10. The molecule has 0 radical (unpaired) electrons. The Morgan fingerprint density at radius 1 is 1.45 bits per heavy atom. The molecule has 1 aromatic carbocycles. The van der Waals surface area contributed by atoms with Crippen LogP contribution in [0.25, 0.3) is 0 Å². The number of halogens is 3. The van der Waals surface area contributed by atoms with Gasteiger partial charge in [-0.1, -0.05) is 0 Å². The third kappa shape index (κ3) is 3.59. The first kappa shape index (κ1) is 15.7. The summed E-state index contributed by atoms with van der Waals surface area (Å²) in [4.78, 5) is 21.5. The number of hydrogen-bond acceptors (Lipinski definition) is 5. The summed E-state index contributed by atoms with van der Waals surface area (Å²) in [5.74, 6) is -0.798. The van der Waals surface area contributed by atoms with Crippen molar-refractivity contribution in [3.8, 4) is 0 Å². The van der Waals surface area contributed by atoms with Gasteiger partial charge in [-0.05, 0) is 19.1 Å². The quantitative estimate of drug-likeness (QED) is 0.524. The minimum atomic E-state index is -4.51. The summed E-state index contributed by atoms with van der Waals surface area (Å²) in [5, 5.41) is 12.9. The average molecular weight is 292 g/mol. The van der Waals surface area contributed by atoms with Crippen LogP contribution in [0.15, 0.2) is 12.1 Å². The third-order valence-corrected chi connectivity index (χ3v) is 2.50. The number of hydrogen-bond donors (Lipinski definition) is 1. The number of ether oxygens (including phenoxy) is 1. The van der Waals surface area contributed by atoms with E-state index in [2.05, 4.69) is 4.74 Å². The first-order chi connectivity index (χ1) is 9.17. The normalized spacial score (nSPS) is 11.1. The van der Waals surface area contributed by atoms with Crippen LogP contribution < -0.4 is 5.32 Å². The second-order valence-electron chi connectivity index (χ2n) is 3.85. The Balaban J connectivity index is 3.23. The number of carbonyl (C=O) groups is 1. The van der Waals surface area contributed by atoms with Crippen LogP contribution in [0.2, 0.25) is 0 Å². The Kier molecular flexibility index (Phi) is 4.53. The molecular formula is C11H11F3N2O4. The molecule has 0 heterocycles. The molecule has 6 nitrogen and oxygen atoms in total. The van der Waals surface area contributed by atoms with Gasteiger partial charge >= 0.3 is 12.1 Å². The molecule has 0 fully saturated rings. The van der Waals surface area contributed by atoms with Gasteiger partial charge < -0.3 is 10.1 Å². The summed E-state index contributed by atoms with van der Waals surface area (Å²) in [6.45, 7) is -0.145. The molecular weight excluding hydrogens is 281 g/mol. The molecule has 0 aromatic heterocycles. The van der Waals surface area contributed by atoms with Crippen LogP contribution in [0.1, 0.15) is 15.9 Å². The Morgan fingerprint density at radius 3 is 2.50 bits per heavy atom. The number of nitro benzene ring substituents is 1. The monoisotopic (exact) mass is 292 g/mol. The van der Waals surface area contributed by atoms with Crippen LogP contribution in [0.4, 0.5) is 24.5 Å². The summed E-state index contributed by atoms with van der Waals surface area (Å²) in [6.07, 6.45) is -4.51. The zero-order valence-electron chi connectivity index (χ0n) is 10.6. The number of anilines is 1. The zero-order valence-corrected chi connectivity index (χ0v) is 10.6. The van der Waals surface area contributed by atoms with Crippen LogP contribution in [0.3, 0.4) is 0 Å². The molecule has 0 bridgehead atoms. The summed E-state index contributed by atoms with van der Waals surface area (Å²) < 4.78 is 40.8. The van der Waals surface area contributed by atoms with Crippen molar-refractivity contribution in [3.63, 3.8) is 0 Å². The van der Waals surface area contributed by atoms with Crippen molar-refractivity contribution in [2.45, 2.75) is 13.1 Å². The molecule has 0 atom stereocenters. The lowest BCUT2D eigenvalue weighted by atomic mass is 10.1. The Morgan fingerprint density at radius 2 is 2.05 bits per heavy atom. The zero-order chi connectivity index (χ0) is 15.5. The van der Waals surface area contributed by atoms with Gasteiger partial charge in [-0.15, -0.1) is 0 Å². The number of esters is 1. The van der Waals surface area contributed by atoms with Gasteiger partial charge in [0.05, 0.1) is 17.6 Å². The number of nitrogens with one attached hydrogen (secondary N) is 1. The number of benzene rings is 1. The van der Waals surface area contributed by atoms with E-state index in [0.717, 1.165) is 13.2 Å². The standard InChI is InChI=1S/C11H11F3N2O4/c1-6-7(10(17)20-2)3-4-8(9(6)16(18)19)15-5-11(12,13)14/h3-4,15H,5H2,1-2H3. The van der Waals surface area contributed by atoms with Crippen molar-refractivity contribution in [1.82, 2.24) is 0 Å². The predicted molar refractivity (Wildman–Crippen MR) is 63.7 cm³/mol. The van der Waals surface area contributed by atoms with Gasteiger partial charge in [-0.25, -0.2) is 4.79 Å². The van der Waals surface area contributed by atoms with Crippen LogP contribution in [0, 0.1) is 17.0 Å². The number of methoxy groups -OCH3 is 1. The maximum absolute atomic E-state index is 12.1. The number of rotatable bonds is 4. The fourth-order valence-corrected chi connectivity index (χ4v) is 1.60. The number of carbonyl (C=O) groups excluding carboxylic acids is 1. The van der Waals surface area contributed by atoms with Gasteiger partial charge in [0.1, 0.15) is 12.2 Å². The van der Waals surface area contributed by atoms with Crippen molar-refractivity contribution < 1.29 is 27.6 Å². The largest absolute Gasteiger partial charge is 0.465 e. The smallest absolute Gasteiger partial charge is 0.405 e. The van der Waals surface area contributed by atoms with Gasteiger partial charge in [0.2, 0.25) is 0 Å². The molecule has 1 aromatic rings. The summed E-state index contributed by atoms with van der Waals surface area (Å²) in [6, 6.07) is 2.22. The number of nitro groups is 1. The van der Waals surface area contributed by atoms with E-state index >= 15 is 0 Å². The highest BCUT2D eigenvalue weighted by molar-refractivity contribution is 5.93. The topological polar surface area (TPSA) is 81.5 Å². The maximum Gasteiger partial charge on any atom is 0.405 e. The van der Waals surface area contributed by atoms with Crippen LogP contribution >= 0.6 is 0 Å². The Bertz CT molecular complexity index is 543. The number of nitrogens with zero attached hydrogens (tertiary/aromatic N) is 1. The fourth-order valence-electron chi connectivity index (χ4n) is 1.60. The van der Waals surface area contributed by atoms with Gasteiger partial charge in [0.25, 0.3) is 5.69 Å². The van der Waals surface area contributed by atoms with E-state index in [1.807, 2.05) is 5.32 Å². The predicted octanol–water partition coefficient (Wildman–Crippen LogP) is 2.66. The second-order valence-corrected chi connectivity index (χ2v) is 3.85. The SMILES string of the molecule is COC(=O)c1ccc(NCC(F)(F)F)c([N+](=O)[O-])c1C. The van der Waals surface area contributed by atoms with E-state index in [1.165, 1.54) is 13.0 Å². The number of alkyl halides is 3. The minimum absolute atomic E-state index is 0.0611. The van der Waals surface area contributed by atoms with Crippen molar-refractivity contribution >= 4 is 17.3 Å². The molecule has 1 rings (SSSR count). The second kappa shape index (κ2) is 5.76. The average Bonchev–Trinajstić information content (AvgIpc) is 2.34. The summed E-state index contributed by atoms with van der Waals surface area (Å²) in [5.41, 5.74) is -1.03. The molecule has 0 saturated carbocycles. The molecule has 0 spiro atoms. The van der Waals surface area contributed by atoms with Crippen LogP contribution in [0.5, 0.6) is 0 Å². The molecule has 0 aliphatic rings. The lowest BCUT2D eigenvalue weighted by molar-refractivity contribution is -0.384. The highest BCUT2D eigenvalue weighted by Crippen LogP contribution is 2.32. The van der Waals surface area contributed by atoms with E-state index in [0.29, 0.717) is 0 Å². The van der Waals surface area contributed by atoms with Crippen LogP contribution in [-0.2, 0) is 4.74 Å². The van der Waals surface area contributed by atoms with E-state index in [1.54, 1.807) is 0 Å². The van der Waals surface area contributed by atoms with Gasteiger partial charge in [-0.2, -0.15) is 13.2 Å². The molecule has 0 amide bonds. The highest BCUT2D eigenvalue weighted by atomic mass is 19.4. The lowest BCUT2D eigenvalue weighted by Gasteiger charge is -2.12. The molecule has 20 heavy (non-hydrogen) atoms. The van der Waals surface area contributed by atoms with Crippen LogP contribution in [-0.4, -0.2) is 30.7 Å². The maximum atomic E-state index is 12.1.